The molecule has 0 saturated heterocycles. The van der Waals surface area contributed by atoms with Gasteiger partial charge >= 0.3 is 0 Å². The van der Waals surface area contributed by atoms with Gasteiger partial charge in [0.25, 0.3) is 5.69 Å². The molecule has 6 nitrogen and oxygen atoms in total. The van der Waals surface area contributed by atoms with E-state index in [1.165, 1.54) is 23.9 Å². The Morgan fingerprint density at radius 2 is 1.59 bits per heavy atom. The topological polar surface area (TPSA) is 89.3 Å². The predicted octanol–water partition coefficient (Wildman–Crippen LogP) is 4.70. The number of anilines is 1. The average molecular weight is 406 g/mol. The maximum absolute atomic E-state index is 12.5. The third kappa shape index (κ3) is 5.76. The SMILES string of the molecule is O=C(CSCc1ccc([N+](=O)[O-])cc1)Nc1cccc(C(=O)c2ccccc2)c1. The van der Waals surface area contributed by atoms with Crippen molar-refractivity contribution in [2.24, 2.45) is 0 Å². The Morgan fingerprint density at radius 3 is 2.28 bits per heavy atom. The summed E-state index contributed by atoms with van der Waals surface area (Å²) in [4.78, 5) is 34.9. The van der Waals surface area contributed by atoms with E-state index >= 15 is 0 Å². The minimum absolute atomic E-state index is 0.0430. The van der Waals surface area contributed by atoms with E-state index in [9.17, 15) is 19.7 Å². The number of nitrogens with zero attached hydrogens (tertiary/aromatic N) is 1. The monoisotopic (exact) mass is 406 g/mol. The molecule has 0 spiro atoms. The molecule has 0 unspecified atom stereocenters. The van der Waals surface area contributed by atoms with E-state index in [0.29, 0.717) is 22.6 Å². The quantitative estimate of drug-likeness (QED) is 0.333. The van der Waals surface area contributed by atoms with Crippen LogP contribution in [-0.2, 0) is 10.5 Å². The molecule has 1 N–H and O–H groups in total. The summed E-state index contributed by atoms with van der Waals surface area (Å²) < 4.78 is 0. The van der Waals surface area contributed by atoms with E-state index < -0.39 is 4.92 Å². The van der Waals surface area contributed by atoms with Gasteiger partial charge in [-0.15, -0.1) is 11.8 Å². The first-order chi connectivity index (χ1) is 14.0. The minimum Gasteiger partial charge on any atom is -0.325 e. The maximum atomic E-state index is 12.5. The molecule has 7 heteroatoms. The first-order valence-electron chi connectivity index (χ1n) is 8.83. The van der Waals surface area contributed by atoms with Gasteiger partial charge in [0.2, 0.25) is 5.91 Å². The zero-order valence-corrected chi connectivity index (χ0v) is 16.2. The summed E-state index contributed by atoms with van der Waals surface area (Å²) in [7, 11) is 0. The molecule has 0 saturated carbocycles. The predicted molar refractivity (Wildman–Crippen MR) is 114 cm³/mol. The number of carbonyl (C=O) groups is 2. The summed E-state index contributed by atoms with van der Waals surface area (Å²) in [6.45, 7) is 0. The molecular formula is C22H18N2O4S. The van der Waals surface area contributed by atoms with Gasteiger partial charge in [0, 0.05) is 34.7 Å². The first kappa shape index (κ1) is 20.3. The van der Waals surface area contributed by atoms with Gasteiger partial charge in [0.15, 0.2) is 5.78 Å². The highest BCUT2D eigenvalue weighted by molar-refractivity contribution is 7.99. The molecular weight excluding hydrogens is 388 g/mol. The van der Waals surface area contributed by atoms with E-state index in [1.54, 1.807) is 60.7 Å². The second-order valence-electron chi connectivity index (χ2n) is 6.24. The van der Waals surface area contributed by atoms with Crippen molar-refractivity contribution in [1.29, 1.82) is 0 Å². The number of nitro groups is 1. The van der Waals surface area contributed by atoms with Crippen molar-refractivity contribution in [2.75, 3.05) is 11.1 Å². The number of non-ortho nitro benzene ring substituents is 1. The van der Waals surface area contributed by atoms with Gasteiger partial charge in [-0.3, -0.25) is 19.7 Å². The smallest absolute Gasteiger partial charge is 0.269 e. The van der Waals surface area contributed by atoms with E-state index in [4.69, 9.17) is 0 Å². The normalized spacial score (nSPS) is 10.3. The zero-order chi connectivity index (χ0) is 20.6. The Balaban J connectivity index is 1.53. The number of nitrogens with one attached hydrogen (secondary N) is 1. The fourth-order valence-corrected chi connectivity index (χ4v) is 3.45. The van der Waals surface area contributed by atoms with Crippen molar-refractivity contribution >= 4 is 34.8 Å². The molecule has 0 aromatic heterocycles. The average Bonchev–Trinajstić information content (AvgIpc) is 2.74. The number of carbonyl (C=O) groups excluding carboxylic acids is 2. The number of nitro benzene ring substituents is 1. The molecule has 0 aliphatic carbocycles. The molecule has 3 rings (SSSR count). The van der Waals surface area contributed by atoms with Crippen molar-refractivity contribution in [3.8, 4) is 0 Å². The van der Waals surface area contributed by atoms with Crippen LogP contribution in [0, 0.1) is 10.1 Å². The number of rotatable bonds is 8. The van der Waals surface area contributed by atoms with Gasteiger partial charge in [0.1, 0.15) is 0 Å². The fourth-order valence-electron chi connectivity index (χ4n) is 2.67. The highest BCUT2D eigenvalue weighted by atomic mass is 32.2. The molecule has 0 aliphatic heterocycles. The first-order valence-corrected chi connectivity index (χ1v) is 9.99. The lowest BCUT2D eigenvalue weighted by Crippen LogP contribution is -2.14. The lowest BCUT2D eigenvalue weighted by atomic mass is 10.0. The number of thioether (sulfide) groups is 1. The van der Waals surface area contributed by atoms with Crippen LogP contribution in [0.15, 0.2) is 78.9 Å². The number of ketones is 1. The Hall–Kier alpha value is -3.45. The summed E-state index contributed by atoms with van der Waals surface area (Å²) in [6.07, 6.45) is 0. The molecule has 0 aliphatic rings. The van der Waals surface area contributed by atoms with Crippen LogP contribution in [0.3, 0.4) is 0 Å². The third-order valence-corrected chi connectivity index (χ3v) is 5.10. The largest absolute Gasteiger partial charge is 0.325 e. The molecule has 0 atom stereocenters. The Labute approximate surface area is 172 Å². The molecule has 0 heterocycles. The Bertz CT molecular complexity index is 1020. The summed E-state index contributed by atoms with van der Waals surface area (Å²) in [5.41, 5.74) is 2.61. The van der Waals surface area contributed by atoms with Gasteiger partial charge in [-0.25, -0.2) is 0 Å². The van der Waals surface area contributed by atoms with Crippen LogP contribution in [0.5, 0.6) is 0 Å². The molecule has 3 aromatic carbocycles. The standard InChI is InChI=1S/C22H18N2O4S/c25-21(15-29-14-16-9-11-20(12-10-16)24(27)28)23-19-8-4-7-18(13-19)22(26)17-5-2-1-3-6-17/h1-13H,14-15H2,(H,23,25). The van der Waals surface area contributed by atoms with Crippen LogP contribution in [-0.4, -0.2) is 22.4 Å². The third-order valence-electron chi connectivity index (χ3n) is 4.09. The van der Waals surface area contributed by atoms with Crippen LogP contribution in [0.1, 0.15) is 21.5 Å². The summed E-state index contributed by atoms with van der Waals surface area (Å²) in [5, 5.41) is 13.5. The number of hydrogen-bond acceptors (Lipinski definition) is 5. The zero-order valence-electron chi connectivity index (χ0n) is 15.4. The fraction of sp³-hybridized carbons (Fsp3) is 0.0909. The lowest BCUT2D eigenvalue weighted by Gasteiger charge is -2.07. The molecule has 0 bridgehead atoms. The van der Waals surface area contributed by atoms with Crippen LogP contribution < -0.4 is 5.32 Å². The van der Waals surface area contributed by atoms with Crippen molar-refractivity contribution in [3.63, 3.8) is 0 Å². The van der Waals surface area contributed by atoms with Crippen LogP contribution in [0.4, 0.5) is 11.4 Å². The summed E-state index contributed by atoms with van der Waals surface area (Å²) in [6, 6.07) is 22.1. The number of benzene rings is 3. The Kier molecular flexibility index (Phi) is 6.76. The highest BCUT2D eigenvalue weighted by Gasteiger charge is 2.10. The van der Waals surface area contributed by atoms with Crippen molar-refractivity contribution < 1.29 is 14.5 Å². The summed E-state index contributed by atoms with van der Waals surface area (Å²) in [5.74, 6) is 0.515. The highest BCUT2D eigenvalue weighted by Crippen LogP contribution is 2.18. The number of hydrogen-bond donors (Lipinski definition) is 1. The molecule has 3 aromatic rings. The van der Waals surface area contributed by atoms with Crippen LogP contribution in [0.25, 0.3) is 0 Å². The van der Waals surface area contributed by atoms with Crippen molar-refractivity contribution in [2.45, 2.75) is 5.75 Å². The van der Waals surface area contributed by atoms with E-state index in [2.05, 4.69) is 5.32 Å². The van der Waals surface area contributed by atoms with Crippen molar-refractivity contribution in [1.82, 2.24) is 0 Å². The van der Waals surface area contributed by atoms with Gasteiger partial charge in [-0.05, 0) is 17.7 Å². The molecule has 0 fully saturated rings. The van der Waals surface area contributed by atoms with Gasteiger partial charge < -0.3 is 5.32 Å². The molecule has 0 radical (unpaired) electrons. The van der Waals surface area contributed by atoms with Gasteiger partial charge in [-0.1, -0.05) is 54.6 Å². The second-order valence-corrected chi connectivity index (χ2v) is 7.23. The maximum Gasteiger partial charge on any atom is 0.269 e. The van der Waals surface area contributed by atoms with Gasteiger partial charge in [0.05, 0.1) is 10.7 Å². The van der Waals surface area contributed by atoms with Gasteiger partial charge in [-0.2, -0.15) is 0 Å². The van der Waals surface area contributed by atoms with Crippen LogP contribution in [0.2, 0.25) is 0 Å². The van der Waals surface area contributed by atoms with E-state index in [0.717, 1.165) is 5.56 Å². The molecule has 29 heavy (non-hydrogen) atoms. The van der Waals surface area contributed by atoms with E-state index in [1.807, 2.05) is 6.07 Å². The summed E-state index contributed by atoms with van der Waals surface area (Å²) >= 11 is 1.41. The van der Waals surface area contributed by atoms with E-state index in [-0.39, 0.29) is 23.1 Å². The van der Waals surface area contributed by atoms with Crippen LogP contribution >= 0.6 is 11.8 Å². The molecule has 146 valence electrons. The Morgan fingerprint density at radius 1 is 0.897 bits per heavy atom. The second kappa shape index (κ2) is 9.66. The van der Waals surface area contributed by atoms with Crippen molar-refractivity contribution in [3.05, 3.63) is 106 Å². The lowest BCUT2D eigenvalue weighted by molar-refractivity contribution is -0.384. The molecule has 1 amide bonds. The minimum atomic E-state index is -0.443. The number of amides is 1.